The summed E-state index contributed by atoms with van der Waals surface area (Å²) in [5, 5.41) is 3.52. The minimum Gasteiger partial charge on any atom is -0.398 e. The average Bonchev–Trinajstić information content (AvgIpc) is 2.80. The SMILES string of the molecule is CC(C)c1sc(C(=O)NCc2ccccc2Cl)cc1N. The molecule has 1 aromatic heterocycles. The second-order valence-electron chi connectivity index (χ2n) is 4.86. The van der Waals surface area contributed by atoms with Crippen LogP contribution in [0.15, 0.2) is 30.3 Å². The van der Waals surface area contributed by atoms with Crippen LogP contribution >= 0.6 is 22.9 Å². The molecule has 0 aliphatic rings. The van der Waals surface area contributed by atoms with Gasteiger partial charge in [0.2, 0.25) is 0 Å². The summed E-state index contributed by atoms with van der Waals surface area (Å²) >= 11 is 7.50. The summed E-state index contributed by atoms with van der Waals surface area (Å²) in [5.41, 5.74) is 7.51. The first-order valence-electron chi connectivity index (χ1n) is 6.40. The second-order valence-corrected chi connectivity index (χ2v) is 6.35. The molecule has 1 heterocycles. The molecule has 0 unspecified atom stereocenters. The van der Waals surface area contributed by atoms with Crippen LogP contribution in [0.5, 0.6) is 0 Å². The number of hydrogen-bond acceptors (Lipinski definition) is 3. The van der Waals surface area contributed by atoms with Gasteiger partial charge >= 0.3 is 0 Å². The number of nitrogens with one attached hydrogen (secondary N) is 1. The van der Waals surface area contributed by atoms with Crippen LogP contribution in [0, 0.1) is 0 Å². The van der Waals surface area contributed by atoms with Crippen molar-refractivity contribution in [1.29, 1.82) is 0 Å². The van der Waals surface area contributed by atoms with Crippen LogP contribution in [0.25, 0.3) is 0 Å². The summed E-state index contributed by atoms with van der Waals surface area (Å²) in [7, 11) is 0. The van der Waals surface area contributed by atoms with E-state index in [0.717, 1.165) is 10.4 Å². The topological polar surface area (TPSA) is 55.1 Å². The molecule has 2 rings (SSSR count). The first-order chi connectivity index (χ1) is 9.49. The molecule has 5 heteroatoms. The molecule has 2 aromatic rings. The number of carbonyl (C=O) groups excluding carboxylic acids is 1. The number of hydrogen-bond donors (Lipinski definition) is 2. The van der Waals surface area contributed by atoms with Gasteiger partial charge in [-0.3, -0.25) is 4.79 Å². The molecule has 106 valence electrons. The Morgan fingerprint density at radius 2 is 2.10 bits per heavy atom. The van der Waals surface area contributed by atoms with E-state index in [1.54, 1.807) is 6.07 Å². The van der Waals surface area contributed by atoms with Crippen molar-refractivity contribution in [3.63, 3.8) is 0 Å². The molecule has 3 nitrogen and oxygen atoms in total. The van der Waals surface area contributed by atoms with Gasteiger partial charge in [-0.05, 0) is 23.6 Å². The third-order valence-electron chi connectivity index (χ3n) is 2.94. The van der Waals surface area contributed by atoms with E-state index < -0.39 is 0 Å². The van der Waals surface area contributed by atoms with Crippen molar-refractivity contribution in [1.82, 2.24) is 5.32 Å². The molecule has 0 bridgehead atoms. The predicted octanol–water partition coefficient (Wildman–Crippen LogP) is 4.04. The molecule has 1 amide bonds. The standard InChI is InChI=1S/C15H17ClN2OS/c1-9(2)14-12(17)7-13(20-14)15(19)18-8-10-5-3-4-6-11(10)16/h3-7,9H,8,17H2,1-2H3,(H,18,19). The minimum atomic E-state index is -0.117. The van der Waals surface area contributed by atoms with Gasteiger partial charge in [0.15, 0.2) is 0 Å². The van der Waals surface area contributed by atoms with Gasteiger partial charge in [0, 0.05) is 22.1 Å². The lowest BCUT2D eigenvalue weighted by Gasteiger charge is -2.05. The lowest BCUT2D eigenvalue weighted by Crippen LogP contribution is -2.21. The summed E-state index contributed by atoms with van der Waals surface area (Å²) in [6.45, 7) is 4.54. The third kappa shape index (κ3) is 3.32. The Morgan fingerprint density at radius 1 is 1.40 bits per heavy atom. The number of anilines is 1. The van der Waals surface area contributed by atoms with Gasteiger partial charge in [-0.25, -0.2) is 0 Å². The molecule has 0 saturated heterocycles. The fourth-order valence-electron chi connectivity index (χ4n) is 1.89. The summed E-state index contributed by atoms with van der Waals surface area (Å²) in [4.78, 5) is 13.8. The van der Waals surface area contributed by atoms with Gasteiger partial charge in [0.25, 0.3) is 5.91 Å². The molecule has 1 aromatic carbocycles. The van der Waals surface area contributed by atoms with E-state index in [4.69, 9.17) is 17.3 Å². The normalized spacial score (nSPS) is 10.8. The number of benzene rings is 1. The third-order valence-corrected chi connectivity index (χ3v) is 4.76. The number of amides is 1. The van der Waals surface area contributed by atoms with E-state index in [0.29, 0.717) is 28.0 Å². The molecule has 20 heavy (non-hydrogen) atoms. The van der Waals surface area contributed by atoms with Crippen molar-refractivity contribution in [3.8, 4) is 0 Å². The predicted molar refractivity (Wildman–Crippen MR) is 85.4 cm³/mol. The van der Waals surface area contributed by atoms with Crippen molar-refractivity contribution in [2.75, 3.05) is 5.73 Å². The van der Waals surface area contributed by atoms with Gasteiger partial charge in [-0.1, -0.05) is 43.6 Å². The highest BCUT2D eigenvalue weighted by molar-refractivity contribution is 7.14. The number of nitrogen functional groups attached to an aromatic ring is 1. The van der Waals surface area contributed by atoms with E-state index >= 15 is 0 Å². The first kappa shape index (κ1) is 14.9. The number of carbonyl (C=O) groups is 1. The van der Waals surface area contributed by atoms with Crippen molar-refractivity contribution in [3.05, 3.63) is 50.7 Å². The van der Waals surface area contributed by atoms with E-state index in [1.165, 1.54) is 11.3 Å². The van der Waals surface area contributed by atoms with Crippen LogP contribution in [-0.2, 0) is 6.54 Å². The van der Waals surface area contributed by atoms with Gasteiger partial charge in [-0.2, -0.15) is 0 Å². The van der Waals surface area contributed by atoms with E-state index in [-0.39, 0.29) is 5.91 Å². The molecule has 0 aliphatic heterocycles. The molecule has 0 atom stereocenters. The largest absolute Gasteiger partial charge is 0.398 e. The number of thiophene rings is 1. The van der Waals surface area contributed by atoms with Crippen LogP contribution in [0.2, 0.25) is 5.02 Å². The smallest absolute Gasteiger partial charge is 0.261 e. The van der Waals surface area contributed by atoms with Gasteiger partial charge in [0.05, 0.1) is 4.88 Å². The highest BCUT2D eigenvalue weighted by Gasteiger charge is 2.15. The maximum atomic E-state index is 12.1. The van der Waals surface area contributed by atoms with Gasteiger partial charge in [-0.15, -0.1) is 11.3 Å². The highest BCUT2D eigenvalue weighted by Crippen LogP contribution is 2.31. The second kappa shape index (κ2) is 6.29. The molecular weight excluding hydrogens is 292 g/mol. The van der Waals surface area contributed by atoms with E-state index in [9.17, 15) is 4.79 Å². The Morgan fingerprint density at radius 3 is 2.70 bits per heavy atom. The molecule has 0 saturated carbocycles. The van der Waals surface area contributed by atoms with Crippen LogP contribution in [-0.4, -0.2) is 5.91 Å². The Bertz CT molecular complexity index is 622. The first-order valence-corrected chi connectivity index (χ1v) is 7.59. The zero-order valence-electron chi connectivity index (χ0n) is 11.4. The van der Waals surface area contributed by atoms with Crippen molar-refractivity contribution < 1.29 is 4.79 Å². The van der Waals surface area contributed by atoms with Gasteiger partial charge in [0.1, 0.15) is 0 Å². The quantitative estimate of drug-likeness (QED) is 0.895. The lowest BCUT2D eigenvalue weighted by atomic mass is 10.1. The van der Waals surface area contributed by atoms with E-state index in [2.05, 4.69) is 19.2 Å². The van der Waals surface area contributed by atoms with Crippen LogP contribution in [0.4, 0.5) is 5.69 Å². The number of rotatable bonds is 4. The zero-order chi connectivity index (χ0) is 14.7. The van der Waals surface area contributed by atoms with Crippen molar-refractivity contribution in [2.45, 2.75) is 26.3 Å². The Hall–Kier alpha value is -1.52. The zero-order valence-corrected chi connectivity index (χ0v) is 13.0. The minimum absolute atomic E-state index is 0.117. The molecule has 0 aliphatic carbocycles. The molecule has 3 N–H and O–H groups in total. The fourth-order valence-corrected chi connectivity index (χ4v) is 3.09. The fraction of sp³-hybridized carbons (Fsp3) is 0.267. The number of nitrogens with two attached hydrogens (primary N) is 1. The van der Waals surface area contributed by atoms with E-state index in [1.807, 2.05) is 24.3 Å². The van der Waals surface area contributed by atoms with Crippen LogP contribution in [0.3, 0.4) is 0 Å². The van der Waals surface area contributed by atoms with Crippen LogP contribution in [0.1, 0.15) is 39.9 Å². The highest BCUT2D eigenvalue weighted by atomic mass is 35.5. The summed E-state index contributed by atoms with van der Waals surface area (Å²) < 4.78 is 0. The molecule has 0 radical (unpaired) electrons. The average molecular weight is 309 g/mol. The van der Waals surface area contributed by atoms with Crippen molar-refractivity contribution >= 4 is 34.5 Å². The molecular formula is C15H17ClN2OS. The van der Waals surface area contributed by atoms with Gasteiger partial charge < -0.3 is 11.1 Å². The summed E-state index contributed by atoms with van der Waals surface area (Å²) in [6, 6.07) is 9.20. The van der Waals surface area contributed by atoms with Crippen LogP contribution < -0.4 is 11.1 Å². The lowest BCUT2D eigenvalue weighted by molar-refractivity contribution is 0.0955. The maximum absolute atomic E-state index is 12.1. The van der Waals surface area contributed by atoms with Crippen molar-refractivity contribution in [2.24, 2.45) is 0 Å². The Labute approximate surface area is 127 Å². The maximum Gasteiger partial charge on any atom is 0.261 e. The summed E-state index contributed by atoms with van der Waals surface area (Å²) in [5.74, 6) is 0.207. The number of halogens is 1. The Balaban J connectivity index is 2.06. The summed E-state index contributed by atoms with van der Waals surface area (Å²) in [6.07, 6.45) is 0. The molecule has 0 spiro atoms. The molecule has 0 fully saturated rings. The monoisotopic (exact) mass is 308 g/mol. The Kier molecular flexibility index (Phi) is 4.68.